The van der Waals surface area contributed by atoms with Crippen LogP contribution in [0.25, 0.3) is 0 Å². The Kier molecular flexibility index (Phi) is 27.6. The van der Waals surface area contributed by atoms with Crippen LogP contribution in [0.3, 0.4) is 0 Å². The second-order valence-electron chi connectivity index (χ2n) is 23.0. The van der Waals surface area contributed by atoms with Crippen LogP contribution in [0.2, 0.25) is 0 Å². The lowest BCUT2D eigenvalue weighted by atomic mass is 9.83. The zero-order valence-electron chi connectivity index (χ0n) is 49.2. The van der Waals surface area contributed by atoms with Crippen LogP contribution < -0.4 is 10.6 Å². The number of benzene rings is 2. The number of carboxylic acids is 1. The van der Waals surface area contributed by atoms with Crippen molar-refractivity contribution in [3.05, 3.63) is 65.7 Å². The number of methoxy groups -OCH3 is 2. The van der Waals surface area contributed by atoms with Crippen molar-refractivity contribution < 1.29 is 52.9 Å². The SMILES string of the molecule is CC[C@H](C)[C@@H]([C@@H](CC(=O)N1CCC[C@H]1[C@H](OC)[C@@H](C)C(=O)N[C@@H](Cc1ccccc1)C(=O)COCc1ccc(NC(=O)CCCCCN2CCC(C(=O)O)CC2)cc1)OC)N(C)C(=O)[C@@H](CC(=O)[C@H](C(C)C)N(C)C)C(C)C. The molecule has 17 heteroatoms. The normalized spacial score (nSPS) is 18.4. The Balaban J connectivity index is 1.35. The number of rotatable bonds is 34. The number of aliphatic carboxylic acids is 1. The Morgan fingerprint density at radius 2 is 1.44 bits per heavy atom. The molecule has 2 aliphatic rings. The molecule has 9 atom stereocenters. The third-order valence-corrected chi connectivity index (χ3v) is 16.4. The lowest BCUT2D eigenvalue weighted by molar-refractivity contribution is -0.149. The molecule has 4 amide bonds. The van der Waals surface area contributed by atoms with Crippen molar-refractivity contribution in [3.63, 3.8) is 0 Å². The molecule has 2 aromatic rings. The number of nitrogens with zero attached hydrogens (tertiary/aromatic N) is 4. The lowest BCUT2D eigenvalue weighted by Crippen LogP contribution is -2.55. The summed E-state index contributed by atoms with van der Waals surface area (Å²) in [7, 11) is 8.64. The first-order valence-corrected chi connectivity index (χ1v) is 28.7. The first-order chi connectivity index (χ1) is 37.1. The van der Waals surface area contributed by atoms with E-state index in [1.165, 1.54) is 7.11 Å². The Morgan fingerprint density at radius 1 is 0.769 bits per heavy atom. The molecule has 2 aromatic carbocycles. The molecule has 2 saturated heterocycles. The molecule has 3 N–H and O–H groups in total. The van der Waals surface area contributed by atoms with Crippen molar-refractivity contribution in [2.45, 2.75) is 168 Å². The first-order valence-electron chi connectivity index (χ1n) is 28.7. The quantitative estimate of drug-likeness (QED) is 0.0581. The zero-order chi connectivity index (χ0) is 57.6. The highest BCUT2D eigenvalue weighted by atomic mass is 16.5. The van der Waals surface area contributed by atoms with Crippen molar-refractivity contribution in [2.24, 2.45) is 35.5 Å². The maximum Gasteiger partial charge on any atom is 0.306 e. The second-order valence-corrected chi connectivity index (χ2v) is 23.0. The van der Waals surface area contributed by atoms with Gasteiger partial charge in [0, 0.05) is 52.3 Å². The first kappa shape index (κ1) is 65.4. The van der Waals surface area contributed by atoms with E-state index in [1.807, 2.05) is 96.1 Å². The summed E-state index contributed by atoms with van der Waals surface area (Å²) < 4.78 is 18.1. The van der Waals surface area contributed by atoms with E-state index in [2.05, 4.69) is 22.5 Å². The number of hydrogen-bond donors (Lipinski definition) is 3. The number of likely N-dealkylation sites (N-methyl/N-ethyl adjacent to an activating group) is 2. The van der Waals surface area contributed by atoms with E-state index in [1.54, 1.807) is 43.0 Å². The standard InChI is InChI=1S/C61H96N6O11/c1-13-42(6)57(65(10)60(73)48(40(2)3)36-51(68)56(41(4)5)64(8)9)53(76-11)37-55(71)67-32-20-23-50(67)58(77-12)43(7)59(72)63-49(35-44-21-16-14-17-22-44)52(69)39-78-38-45-25-27-47(28-26-45)62-54(70)24-18-15-19-31-66-33-29-46(30-34-66)61(74)75/h14,16-17,21-22,25-28,40-43,46,48-50,53,56-58H,13,15,18-20,23-24,29-39H2,1-12H3,(H,62,70)(H,63,72)(H,74,75)/t42-,43+,48-,49-,50-,53+,56-,57-,58+/m0/s1. The van der Waals surface area contributed by atoms with Gasteiger partial charge >= 0.3 is 5.97 Å². The number of piperidine rings is 1. The van der Waals surface area contributed by atoms with Gasteiger partial charge in [-0.05, 0) is 120 Å². The molecular formula is C61H96N6O11. The van der Waals surface area contributed by atoms with Crippen molar-refractivity contribution in [1.29, 1.82) is 0 Å². The van der Waals surface area contributed by atoms with E-state index in [0.29, 0.717) is 44.3 Å². The molecule has 2 fully saturated rings. The van der Waals surface area contributed by atoms with Crippen LogP contribution in [0.1, 0.15) is 130 Å². The maximum atomic E-state index is 14.5. The van der Waals surface area contributed by atoms with Gasteiger partial charge in [-0.15, -0.1) is 0 Å². The maximum absolute atomic E-state index is 14.5. The van der Waals surface area contributed by atoms with Gasteiger partial charge in [-0.3, -0.25) is 38.5 Å². The van der Waals surface area contributed by atoms with Crippen LogP contribution in [0.15, 0.2) is 54.6 Å². The highest BCUT2D eigenvalue weighted by Crippen LogP contribution is 2.31. The number of Topliss-reactive ketones (excluding diaryl/α,β-unsaturated/α-hetero) is 2. The number of likely N-dealkylation sites (tertiary alicyclic amines) is 2. The molecular weight excluding hydrogens is 993 g/mol. The number of carboxylic acid groups (broad SMARTS) is 1. The molecule has 0 bridgehead atoms. The van der Waals surface area contributed by atoms with E-state index in [9.17, 15) is 38.7 Å². The van der Waals surface area contributed by atoms with Gasteiger partial charge in [0.1, 0.15) is 6.61 Å². The van der Waals surface area contributed by atoms with E-state index in [0.717, 1.165) is 56.4 Å². The average molecular weight is 1090 g/mol. The molecule has 4 rings (SSSR count). The largest absolute Gasteiger partial charge is 0.481 e. The fourth-order valence-corrected chi connectivity index (χ4v) is 11.6. The van der Waals surface area contributed by atoms with Crippen LogP contribution in [-0.4, -0.2) is 170 Å². The van der Waals surface area contributed by atoms with Crippen LogP contribution in [-0.2, 0) is 60.8 Å². The van der Waals surface area contributed by atoms with E-state index < -0.39 is 54.0 Å². The van der Waals surface area contributed by atoms with Gasteiger partial charge < -0.3 is 44.7 Å². The molecule has 436 valence electrons. The summed E-state index contributed by atoms with van der Waals surface area (Å²) in [5, 5.41) is 15.2. The molecule has 0 aromatic heterocycles. The van der Waals surface area contributed by atoms with E-state index >= 15 is 0 Å². The zero-order valence-corrected chi connectivity index (χ0v) is 49.2. The third-order valence-electron chi connectivity index (χ3n) is 16.4. The van der Waals surface area contributed by atoms with Crippen molar-refractivity contribution in [3.8, 4) is 0 Å². The van der Waals surface area contributed by atoms with Gasteiger partial charge in [-0.2, -0.15) is 0 Å². The topological polar surface area (TPSA) is 204 Å². The minimum absolute atomic E-state index is 0.00562. The van der Waals surface area contributed by atoms with Crippen LogP contribution in [0.5, 0.6) is 0 Å². The number of amides is 4. The summed E-state index contributed by atoms with van der Waals surface area (Å²) in [6.07, 6.45) is 5.45. The van der Waals surface area contributed by atoms with Crippen molar-refractivity contribution >= 4 is 46.9 Å². The average Bonchev–Trinajstić information content (AvgIpc) is 3.90. The molecule has 2 aliphatic heterocycles. The van der Waals surface area contributed by atoms with Crippen LogP contribution in [0.4, 0.5) is 5.69 Å². The van der Waals surface area contributed by atoms with E-state index in [-0.39, 0.29) is 91.5 Å². The molecule has 78 heavy (non-hydrogen) atoms. The number of nitrogens with one attached hydrogen (secondary N) is 2. The van der Waals surface area contributed by atoms with Gasteiger partial charge in [0.25, 0.3) is 0 Å². The summed E-state index contributed by atoms with van der Waals surface area (Å²) in [4.78, 5) is 103. The van der Waals surface area contributed by atoms with Crippen LogP contribution >= 0.6 is 0 Å². The monoisotopic (exact) mass is 1090 g/mol. The highest BCUT2D eigenvalue weighted by molar-refractivity contribution is 5.92. The molecule has 0 spiro atoms. The minimum Gasteiger partial charge on any atom is -0.481 e. The van der Waals surface area contributed by atoms with Gasteiger partial charge in [-0.25, -0.2) is 0 Å². The number of anilines is 1. The van der Waals surface area contributed by atoms with Crippen molar-refractivity contribution in [1.82, 2.24) is 24.9 Å². The molecule has 0 unspecified atom stereocenters. The number of carbonyl (C=O) groups is 7. The highest BCUT2D eigenvalue weighted by Gasteiger charge is 2.44. The second kappa shape index (κ2) is 32.9. The molecule has 0 aliphatic carbocycles. The summed E-state index contributed by atoms with van der Waals surface area (Å²) in [5.74, 6) is -3.36. The van der Waals surface area contributed by atoms with Gasteiger partial charge in [0.2, 0.25) is 23.6 Å². The number of carbonyl (C=O) groups excluding carboxylic acids is 6. The Morgan fingerprint density at radius 3 is 2.01 bits per heavy atom. The minimum atomic E-state index is -0.909. The van der Waals surface area contributed by atoms with Gasteiger partial charge in [0.15, 0.2) is 11.6 Å². The number of ketones is 2. The van der Waals surface area contributed by atoms with Crippen LogP contribution in [0, 0.1) is 35.5 Å². The summed E-state index contributed by atoms with van der Waals surface area (Å²) in [5.41, 5.74) is 2.33. The number of unbranched alkanes of at least 4 members (excludes halogenated alkanes) is 2. The fourth-order valence-electron chi connectivity index (χ4n) is 11.6. The van der Waals surface area contributed by atoms with Crippen molar-refractivity contribution in [2.75, 3.05) is 73.5 Å². The molecule has 17 nitrogen and oxygen atoms in total. The molecule has 0 radical (unpaired) electrons. The smallest absolute Gasteiger partial charge is 0.306 e. The van der Waals surface area contributed by atoms with E-state index in [4.69, 9.17) is 14.2 Å². The summed E-state index contributed by atoms with van der Waals surface area (Å²) in [6.45, 7) is 16.7. The predicted octanol–water partition coefficient (Wildman–Crippen LogP) is 7.53. The molecule has 2 heterocycles. The predicted molar refractivity (Wildman–Crippen MR) is 303 cm³/mol. The Bertz CT molecular complexity index is 2190. The Labute approximate surface area is 466 Å². The number of hydrogen-bond acceptors (Lipinski definition) is 12. The fraction of sp³-hybridized carbons (Fsp3) is 0.689. The van der Waals surface area contributed by atoms with Gasteiger partial charge in [0.05, 0.1) is 61.2 Å². The Hall–Kier alpha value is -5.07. The summed E-state index contributed by atoms with van der Waals surface area (Å²) in [6, 6.07) is 14.6. The third kappa shape index (κ3) is 19.6. The number of ether oxygens (including phenoxy) is 3. The molecule has 0 saturated carbocycles. The van der Waals surface area contributed by atoms with Gasteiger partial charge in [-0.1, -0.05) is 104 Å². The summed E-state index contributed by atoms with van der Waals surface area (Å²) >= 11 is 0. The lowest BCUT2D eigenvalue weighted by Gasteiger charge is -2.41.